The second-order valence-electron chi connectivity index (χ2n) is 4.88. The number of hydrogen-bond acceptors (Lipinski definition) is 4. The molecule has 2 heterocycles. The number of aromatic hydroxyl groups is 1. The van der Waals surface area contributed by atoms with Crippen LogP contribution in [0.1, 0.15) is 10.4 Å². The molecule has 0 saturated carbocycles. The number of aromatic amines is 1. The Bertz CT molecular complexity index is 1000. The van der Waals surface area contributed by atoms with Crippen molar-refractivity contribution in [1.82, 2.24) is 9.55 Å². The summed E-state index contributed by atoms with van der Waals surface area (Å²) in [6, 6.07) is 8.01. The first-order chi connectivity index (χ1) is 11.0. The molecular formula is C15H11BrN4O3. The molecule has 3 aromatic rings. The smallest absolute Gasteiger partial charge is 0.296 e. The van der Waals surface area contributed by atoms with Crippen molar-refractivity contribution in [2.75, 3.05) is 0 Å². The van der Waals surface area contributed by atoms with Crippen LogP contribution >= 0.6 is 15.9 Å². The fourth-order valence-electron chi connectivity index (χ4n) is 2.11. The molecular weight excluding hydrogens is 364 g/mol. The van der Waals surface area contributed by atoms with Crippen molar-refractivity contribution in [3.8, 4) is 5.88 Å². The van der Waals surface area contributed by atoms with Crippen molar-refractivity contribution in [3.63, 3.8) is 0 Å². The number of pyridine rings is 1. The second-order valence-corrected chi connectivity index (χ2v) is 5.80. The van der Waals surface area contributed by atoms with E-state index in [2.05, 4.69) is 31.1 Å². The van der Waals surface area contributed by atoms with Crippen LogP contribution in [0.25, 0.3) is 10.9 Å². The highest BCUT2D eigenvalue weighted by molar-refractivity contribution is 9.10. The lowest BCUT2D eigenvalue weighted by Crippen LogP contribution is -2.15. The van der Waals surface area contributed by atoms with E-state index in [0.29, 0.717) is 10.9 Å². The van der Waals surface area contributed by atoms with Crippen LogP contribution in [0.3, 0.4) is 0 Å². The van der Waals surface area contributed by atoms with Crippen LogP contribution in [0, 0.1) is 0 Å². The summed E-state index contributed by atoms with van der Waals surface area (Å²) < 4.78 is 2.09. The number of nitrogens with one attached hydrogen (secondary N) is 1. The van der Waals surface area contributed by atoms with E-state index in [1.165, 1.54) is 22.9 Å². The molecule has 0 fully saturated rings. The van der Waals surface area contributed by atoms with Crippen LogP contribution in [-0.2, 0) is 7.05 Å². The van der Waals surface area contributed by atoms with Gasteiger partial charge in [0.15, 0.2) is 5.69 Å². The summed E-state index contributed by atoms with van der Waals surface area (Å²) in [4.78, 5) is 26.1. The molecule has 0 aliphatic rings. The number of H-pyrrole nitrogens is 1. The minimum absolute atomic E-state index is 0.171. The summed E-state index contributed by atoms with van der Waals surface area (Å²) in [5.74, 6) is -0.778. The molecule has 0 aliphatic heterocycles. The minimum Gasteiger partial charge on any atom is -0.493 e. The fraction of sp³-hybridized carbons (Fsp3) is 0.0667. The molecule has 1 amide bonds. The van der Waals surface area contributed by atoms with Gasteiger partial charge in [0.25, 0.3) is 5.91 Å². The molecule has 0 unspecified atom stereocenters. The second kappa shape index (κ2) is 5.81. The van der Waals surface area contributed by atoms with Crippen molar-refractivity contribution in [1.29, 1.82) is 0 Å². The first-order valence-electron chi connectivity index (χ1n) is 6.58. The van der Waals surface area contributed by atoms with Crippen LogP contribution in [0.2, 0.25) is 0 Å². The van der Waals surface area contributed by atoms with E-state index >= 15 is 0 Å². The number of amides is 1. The van der Waals surface area contributed by atoms with Gasteiger partial charge in [-0.15, -0.1) is 10.2 Å². The zero-order valence-electron chi connectivity index (χ0n) is 11.9. The summed E-state index contributed by atoms with van der Waals surface area (Å²) in [6.45, 7) is 0. The molecule has 1 aromatic carbocycles. The molecule has 8 heteroatoms. The summed E-state index contributed by atoms with van der Waals surface area (Å²) in [5, 5.41) is 18.0. The third kappa shape index (κ3) is 2.93. The van der Waals surface area contributed by atoms with Gasteiger partial charge in [-0.1, -0.05) is 15.9 Å². The predicted molar refractivity (Wildman–Crippen MR) is 88.2 cm³/mol. The monoisotopic (exact) mass is 374 g/mol. The number of aryl methyl sites for hydroxylation is 1. The highest BCUT2D eigenvalue weighted by Gasteiger charge is 2.12. The molecule has 23 heavy (non-hydrogen) atoms. The Balaban J connectivity index is 1.97. The largest absolute Gasteiger partial charge is 0.493 e. The maximum atomic E-state index is 12.0. The molecule has 0 saturated heterocycles. The summed E-state index contributed by atoms with van der Waals surface area (Å²) in [6.07, 6.45) is 1.38. The van der Waals surface area contributed by atoms with Gasteiger partial charge in [0.05, 0.1) is 11.1 Å². The van der Waals surface area contributed by atoms with E-state index in [-0.39, 0.29) is 22.7 Å². The normalized spacial score (nSPS) is 11.4. The van der Waals surface area contributed by atoms with Gasteiger partial charge in [-0.25, -0.2) is 0 Å². The number of nitrogens with zero attached hydrogens (tertiary/aromatic N) is 3. The van der Waals surface area contributed by atoms with E-state index in [1.807, 2.05) is 6.07 Å². The third-order valence-electron chi connectivity index (χ3n) is 3.29. The average molecular weight is 375 g/mol. The van der Waals surface area contributed by atoms with Crippen LogP contribution in [0.15, 0.2) is 56.0 Å². The SMILES string of the molecule is Cn1cc(C(=O)N=Nc2c(O)[nH]c3ccc(Br)cc23)ccc1=O. The van der Waals surface area contributed by atoms with Crippen molar-refractivity contribution in [3.05, 3.63) is 56.9 Å². The molecule has 7 nitrogen and oxygen atoms in total. The van der Waals surface area contributed by atoms with Gasteiger partial charge in [0.2, 0.25) is 11.4 Å². The summed E-state index contributed by atoms with van der Waals surface area (Å²) >= 11 is 3.34. The fourth-order valence-corrected chi connectivity index (χ4v) is 2.47. The summed E-state index contributed by atoms with van der Waals surface area (Å²) in [5.41, 5.74) is 0.864. The van der Waals surface area contributed by atoms with Crippen molar-refractivity contribution >= 4 is 38.4 Å². The molecule has 0 bridgehead atoms. The zero-order chi connectivity index (χ0) is 16.6. The highest BCUT2D eigenvalue weighted by Crippen LogP contribution is 2.36. The average Bonchev–Trinajstić information content (AvgIpc) is 2.82. The van der Waals surface area contributed by atoms with Gasteiger partial charge in [-0.3, -0.25) is 9.59 Å². The van der Waals surface area contributed by atoms with Crippen LogP contribution in [-0.4, -0.2) is 20.6 Å². The van der Waals surface area contributed by atoms with Crippen LogP contribution in [0.5, 0.6) is 5.88 Å². The summed E-state index contributed by atoms with van der Waals surface area (Å²) in [7, 11) is 1.54. The number of aromatic nitrogens is 2. The molecule has 116 valence electrons. The lowest BCUT2D eigenvalue weighted by Gasteiger charge is -1.98. The number of halogens is 1. The van der Waals surface area contributed by atoms with E-state index in [0.717, 1.165) is 4.47 Å². The standard InChI is InChI=1S/C15H11BrN4O3/c1-20-7-8(2-5-12(20)21)14(22)19-18-13-10-6-9(16)3-4-11(10)17-15(13)23/h2-7,17,23H,1H3. The Kier molecular flexibility index (Phi) is 3.83. The Labute approximate surface area is 138 Å². The number of carbonyl (C=O) groups is 1. The zero-order valence-corrected chi connectivity index (χ0v) is 13.5. The lowest BCUT2D eigenvalue weighted by atomic mass is 10.2. The van der Waals surface area contributed by atoms with Gasteiger partial charge in [-0.2, -0.15) is 0 Å². The minimum atomic E-state index is -0.607. The van der Waals surface area contributed by atoms with E-state index < -0.39 is 5.91 Å². The van der Waals surface area contributed by atoms with Gasteiger partial charge in [0.1, 0.15) is 0 Å². The molecule has 0 spiro atoms. The first kappa shape index (κ1) is 15.2. The lowest BCUT2D eigenvalue weighted by molar-refractivity contribution is 0.0994. The highest BCUT2D eigenvalue weighted by atomic mass is 79.9. The van der Waals surface area contributed by atoms with Crippen molar-refractivity contribution in [2.45, 2.75) is 0 Å². The van der Waals surface area contributed by atoms with Crippen molar-refractivity contribution < 1.29 is 9.90 Å². The maximum absolute atomic E-state index is 12.0. The predicted octanol–water partition coefficient (Wildman–Crippen LogP) is 3.26. The van der Waals surface area contributed by atoms with E-state index in [1.54, 1.807) is 19.2 Å². The van der Waals surface area contributed by atoms with Gasteiger partial charge < -0.3 is 14.7 Å². The molecule has 0 atom stereocenters. The van der Waals surface area contributed by atoms with Crippen LogP contribution < -0.4 is 5.56 Å². The van der Waals surface area contributed by atoms with Crippen LogP contribution in [0.4, 0.5) is 5.69 Å². The maximum Gasteiger partial charge on any atom is 0.296 e. The molecule has 2 aromatic heterocycles. The van der Waals surface area contributed by atoms with Gasteiger partial charge >= 0.3 is 0 Å². The van der Waals surface area contributed by atoms with E-state index in [4.69, 9.17) is 0 Å². The van der Waals surface area contributed by atoms with Crippen molar-refractivity contribution in [2.24, 2.45) is 17.3 Å². The Hall–Kier alpha value is -2.74. The third-order valence-corrected chi connectivity index (χ3v) is 3.78. The molecule has 2 N–H and O–H groups in total. The number of rotatable bonds is 2. The van der Waals surface area contributed by atoms with Gasteiger partial charge in [-0.05, 0) is 24.3 Å². The quantitative estimate of drug-likeness (QED) is 0.673. The van der Waals surface area contributed by atoms with Gasteiger partial charge in [0, 0.05) is 29.2 Å². The van der Waals surface area contributed by atoms with E-state index in [9.17, 15) is 14.7 Å². The molecule has 3 rings (SSSR count). The number of benzene rings is 1. The Morgan fingerprint density at radius 2 is 2.09 bits per heavy atom. The molecule has 0 aliphatic carbocycles. The number of fused-ring (bicyclic) bond motifs is 1. The Morgan fingerprint density at radius 3 is 2.83 bits per heavy atom. The Morgan fingerprint density at radius 1 is 1.30 bits per heavy atom. The topological polar surface area (TPSA) is 99.8 Å². The number of hydrogen-bond donors (Lipinski definition) is 2. The number of azo groups is 1. The number of carbonyl (C=O) groups excluding carboxylic acids is 1. The molecule has 0 radical (unpaired) electrons. The first-order valence-corrected chi connectivity index (χ1v) is 7.38.